The van der Waals surface area contributed by atoms with Crippen molar-refractivity contribution in [3.8, 4) is 5.75 Å². The van der Waals surface area contributed by atoms with Crippen LogP contribution in [0.5, 0.6) is 5.75 Å². The second-order valence-electron chi connectivity index (χ2n) is 8.44. The van der Waals surface area contributed by atoms with E-state index in [0.717, 1.165) is 23.2 Å². The molecule has 9 nitrogen and oxygen atoms in total. The van der Waals surface area contributed by atoms with E-state index in [4.69, 9.17) is 4.74 Å². The molecule has 0 radical (unpaired) electrons. The van der Waals surface area contributed by atoms with Crippen LogP contribution in [0.1, 0.15) is 27.9 Å². The smallest absolute Gasteiger partial charge is 0.343 e. The van der Waals surface area contributed by atoms with Crippen molar-refractivity contribution in [3.05, 3.63) is 81.4 Å². The predicted molar refractivity (Wildman–Crippen MR) is 116 cm³/mol. The zero-order valence-corrected chi connectivity index (χ0v) is 17.6. The fourth-order valence-corrected chi connectivity index (χ4v) is 4.86. The lowest BCUT2D eigenvalue weighted by atomic mass is 9.85. The maximum Gasteiger partial charge on any atom is 0.343 e. The first-order valence-electron chi connectivity index (χ1n) is 10.5. The molecular formula is C24H19N3O6. The summed E-state index contributed by atoms with van der Waals surface area (Å²) in [6.07, 6.45) is 5.91. The molecule has 166 valence electrons. The van der Waals surface area contributed by atoms with Crippen LogP contribution in [0.3, 0.4) is 0 Å². The van der Waals surface area contributed by atoms with Crippen molar-refractivity contribution in [2.24, 2.45) is 28.8 Å². The van der Waals surface area contributed by atoms with Crippen LogP contribution in [0, 0.1) is 40.7 Å². The Morgan fingerprint density at radius 2 is 1.73 bits per heavy atom. The molecule has 3 aliphatic rings. The van der Waals surface area contributed by atoms with Gasteiger partial charge in [0.2, 0.25) is 5.75 Å². The molecule has 2 aliphatic carbocycles. The number of para-hydroxylation sites is 1. The number of nitro groups is 1. The summed E-state index contributed by atoms with van der Waals surface area (Å²) in [5.41, 5.74) is 0.835. The van der Waals surface area contributed by atoms with Gasteiger partial charge >= 0.3 is 11.7 Å². The van der Waals surface area contributed by atoms with Crippen molar-refractivity contribution in [2.75, 3.05) is 0 Å². The number of allylic oxidation sites excluding steroid dienone is 2. The number of nitro benzene ring substituents is 1. The van der Waals surface area contributed by atoms with E-state index >= 15 is 0 Å². The standard InChI is InChI=1S/C24H19N3O6/c1-13-5-7-14(8-6-13)24(30)33-21-17(3-2-4-18(21)27(31)32)12-25-26-22(28)19-15-9-10-16(11-15)20(19)23(26)29/h2-10,12,15-16,19-20H,11H2,1H3. The third-order valence-corrected chi connectivity index (χ3v) is 6.46. The Bertz CT molecular complexity index is 1220. The number of ether oxygens (including phenoxy) is 1. The number of amides is 2. The Balaban J connectivity index is 1.44. The fraction of sp³-hybridized carbons (Fsp3) is 0.250. The quantitative estimate of drug-likeness (QED) is 0.133. The SMILES string of the molecule is Cc1ccc(C(=O)Oc2c(C=NN3C(=O)C4C5C=CC(C5)C4C3=O)cccc2[N+](=O)[O-])cc1. The maximum absolute atomic E-state index is 12.8. The Morgan fingerprint density at radius 1 is 1.09 bits per heavy atom. The molecule has 5 rings (SSSR count). The molecule has 0 aromatic heterocycles. The van der Waals surface area contributed by atoms with E-state index in [-0.39, 0.29) is 40.5 Å². The zero-order valence-electron chi connectivity index (χ0n) is 17.6. The molecule has 1 aliphatic heterocycles. The Labute approximate surface area is 188 Å². The highest BCUT2D eigenvalue weighted by atomic mass is 16.6. The van der Waals surface area contributed by atoms with Crippen molar-refractivity contribution in [1.29, 1.82) is 0 Å². The number of benzene rings is 2. The van der Waals surface area contributed by atoms with Gasteiger partial charge in [0.1, 0.15) is 0 Å². The molecule has 2 amide bonds. The number of imide groups is 1. The van der Waals surface area contributed by atoms with Crippen LogP contribution >= 0.6 is 0 Å². The second-order valence-corrected chi connectivity index (χ2v) is 8.44. The highest BCUT2D eigenvalue weighted by molar-refractivity contribution is 6.07. The van der Waals surface area contributed by atoms with Crippen molar-refractivity contribution in [2.45, 2.75) is 13.3 Å². The summed E-state index contributed by atoms with van der Waals surface area (Å²) in [6, 6.07) is 10.6. The Kier molecular flexibility index (Phi) is 4.88. The van der Waals surface area contributed by atoms with Gasteiger partial charge in [-0.15, -0.1) is 0 Å². The molecule has 33 heavy (non-hydrogen) atoms. The third-order valence-electron chi connectivity index (χ3n) is 6.46. The summed E-state index contributed by atoms with van der Waals surface area (Å²) in [5.74, 6) is -2.56. The van der Waals surface area contributed by atoms with Gasteiger partial charge in [0.25, 0.3) is 11.8 Å². The first-order valence-corrected chi connectivity index (χ1v) is 10.5. The van der Waals surface area contributed by atoms with Crippen LogP contribution < -0.4 is 4.74 Å². The monoisotopic (exact) mass is 445 g/mol. The van der Waals surface area contributed by atoms with Gasteiger partial charge in [-0.2, -0.15) is 10.1 Å². The third kappa shape index (κ3) is 3.42. The fourth-order valence-electron chi connectivity index (χ4n) is 4.86. The first kappa shape index (κ1) is 20.7. The minimum absolute atomic E-state index is 0.0421. The Morgan fingerprint density at radius 3 is 2.33 bits per heavy atom. The van der Waals surface area contributed by atoms with Gasteiger partial charge in [-0.05, 0) is 43.4 Å². The minimum atomic E-state index is -0.774. The predicted octanol–water partition coefficient (Wildman–Crippen LogP) is 3.26. The average Bonchev–Trinajstić information content (AvgIpc) is 3.47. The molecule has 2 fully saturated rings. The number of carbonyl (C=O) groups excluding carboxylic acids is 3. The van der Waals surface area contributed by atoms with E-state index in [2.05, 4.69) is 5.10 Å². The van der Waals surface area contributed by atoms with Crippen LogP contribution in [0.15, 0.2) is 59.7 Å². The van der Waals surface area contributed by atoms with Crippen LogP contribution in [0.4, 0.5) is 5.69 Å². The lowest BCUT2D eigenvalue weighted by molar-refractivity contribution is -0.385. The molecule has 4 atom stereocenters. The minimum Gasteiger partial charge on any atom is -0.415 e. The molecule has 4 unspecified atom stereocenters. The molecule has 0 N–H and O–H groups in total. The number of nitrogens with zero attached hydrogens (tertiary/aromatic N) is 3. The summed E-state index contributed by atoms with van der Waals surface area (Å²) in [7, 11) is 0. The van der Waals surface area contributed by atoms with Crippen molar-refractivity contribution >= 4 is 29.7 Å². The molecule has 1 saturated heterocycles. The van der Waals surface area contributed by atoms with E-state index in [1.807, 2.05) is 19.1 Å². The maximum atomic E-state index is 12.8. The number of rotatable bonds is 5. The van der Waals surface area contributed by atoms with Crippen molar-refractivity contribution in [1.82, 2.24) is 5.01 Å². The number of hydrogen-bond donors (Lipinski definition) is 0. The molecule has 2 aromatic carbocycles. The van der Waals surface area contributed by atoms with Gasteiger partial charge in [0.15, 0.2) is 0 Å². The van der Waals surface area contributed by atoms with E-state index < -0.39 is 28.4 Å². The molecule has 1 heterocycles. The van der Waals surface area contributed by atoms with E-state index in [0.29, 0.717) is 0 Å². The van der Waals surface area contributed by atoms with E-state index in [9.17, 15) is 24.5 Å². The molecule has 9 heteroatoms. The van der Waals surface area contributed by atoms with Crippen molar-refractivity contribution < 1.29 is 24.0 Å². The normalized spacial score (nSPS) is 25.2. The molecule has 1 saturated carbocycles. The van der Waals surface area contributed by atoms with Gasteiger partial charge in [-0.25, -0.2) is 4.79 Å². The van der Waals surface area contributed by atoms with Gasteiger partial charge in [-0.3, -0.25) is 19.7 Å². The lowest BCUT2D eigenvalue weighted by Gasteiger charge is -2.13. The first-order chi connectivity index (χ1) is 15.8. The average molecular weight is 445 g/mol. The number of aryl methyl sites for hydroxylation is 1. The van der Waals surface area contributed by atoms with Gasteiger partial charge < -0.3 is 4.74 Å². The summed E-state index contributed by atoms with van der Waals surface area (Å²) in [6.45, 7) is 1.86. The molecule has 2 bridgehead atoms. The highest BCUT2D eigenvalue weighted by Crippen LogP contribution is 2.52. The number of esters is 1. The highest BCUT2D eigenvalue weighted by Gasteiger charge is 2.59. The summed E-state index contributed by atoms with van der Waals surface area (Å²) >= 11 is 0. The van der Waals surface area contributed by atoms with Crippen LogP contribution in [0.2, 0.25) is 0 Å². The lowest BCUT2D eigenvalue weighted by Crippen LogP contribution is -2.28. The van der Waals surface area contributed by atoms with Crippen LogP contribution in [-0.2, 0) is 9.59 Å². The van der Waals surface area contributed by atoms with E-state index in [1.54, 1.807) is 24.3 Å². The number of hydrazone groups is 1. The summed E-state index contributed by atoms with van der Waals surface area (Å²) in [5, 5.41) is 16.5. The number of carbonyl (C=O) groups is 3. The largest absolute Gasteiger partial charge is 0.415 e. The molecule has 2 aromatic rings. The summed E-state index contributed by atoms with van der Waals surface area (Å²) < 4.78 is 5.38. The van der Waals surface area contributed by atoms with Gasteiger partial charge in [-0.1, -0.05) is 35.9 Å². The van der Waals surface area contributed by atoms with Crippen LogP contribution in [0.25, 0.3) is 0 Å². The second kappa shape index (κ2) is 7.77. The molecule has 0 spiro atoms. The van der Waals surface area contributed by atoms with E-state index in [1.165, 1.54) is 18.2 Å². The topological polar surface area (TPSA) is 119 Å². The Hall–Kier alpha value is -4.14. The van der Waals surface area contributed by atoms with Gasteiger partial charge in [0, 0.05) is 11.6 Å². The van der Waals surface area contributed by atoms with Crippen LogP contribution in [-0.4, -0.2) is 33.9 Å². The molecular weight excluding hydrogens is 426 g/mol. The van der Waals surface area contributed by atoms with Gasteiger partial charge in [0.05, 0.1) is 28.5 Å². The summed E-state index contributed by atoms with van der Waals surface area (Å²) in [4.78, 5) is 49.1. The zero-order chi connectivity index (χ0) is 23.3. The van der Waals surface area contributed by atoms with Crippen molar-refractivity contribution in [3.63, 3.8) is 0 Å². The number of fused-ring (bicyclic) bond motifs is 5. The number of hydrogen-bond acceptors (Lipinski definition) is 7.